The SMILES string of the molecule is Cc1n[nH]c(C)c1-c1cc(N2CCOCC2C)nc2c1c(N)nn2-c1ccn[nH]1. The molecule has 1 aliphatic heterocycles. The number of anilines is 2. The fourth-order valence-electron chi connectivity index (χ4n) is 4.02. The zero-order chi connectivity index (χ0) is 20.1. The van der Waals surface area contributed by atoms with Crippen LogP contribution in [0.5, 0.6) is 0 Å². The second kappa shape index (κ2) is 6.59. The van der Waals surface area contributed by atoms with Gasteiger partial charge in [0.1, 0.15) is 5.82 Å². The van der Waals surface area contributed by atoms with Crippen molar-refractivity contribution in [2.75, 3.05) is 30.4 Å². The molecule has 0 bridgehead atoms. The van der Waals surface area contributed by atoms with Crippen molar-refractivity contribution in [2.45, 2.75) is 26.8 Å². The summed E-state index contributed by atoms with van der Waals surface area (Å²) in [4.78, 5) is 7.23. The largest absolute Gasteiger partial charge is 0.382 e. The van der Waals surface area contributed by atoms with Crippen LogP contribution >= 0.6 is 0 Å². The number of morpholine rings is 1. The van der Waals surface area contributed by atoms with Crippen molar-refractivity contribution in [3.8, 4) is 16.9 Å². The van der Waals surface area contributed by atoms with Gasteiger partial charge in [-0.2, -0.15) is 14.9 Å². The third-order valence-corrected chi connectivity index (χ3v) is 5.42. The van der Waals surface area contributed by atoms with Gasteiger partial charge >= 0.3 is 0 Å². The molecular formula is C19H23N9O. The van der Waals surface area contributed by atoms with E-state index in [1.807, 2.05) is 19.9 Å². The first-order valence-electron chi connectivity index (χ1n) is 9.60. The van der Waals surface area contributed by atoms with Crippen molar-refractivity contribution in [1.29, 1.82) is 0 Å². The summed E-state index contributed by atoms with van der Waals surface area (Å²) >= 11 is 0. The minimum Gasteiger partial charge on any atom is -0.382 e. The summed E-state index contributed by atoms with van der Waals surface area (Å²) < 4.78 is 7.32. The van der Waals surface area contributed by atoms with Gasteiger partial charge in [0.15, 0.2) is 17.3 Å². The van der Waals surface area contributed by atoms with Crippen LogP contribution in [0.3, 0.4) is 0 Å². The van der Waals surface area contributed by atoms with Gasteiger partial charge in [-0.05, 0) is 26.8 Å². The van der Waals surface area contributed by atoms with Crippen LogP contribution in [0.25, 0.3) is 28.0 Å². The number of aromatic amines is 2. The summed E-state index contributed by atoms with van der Waals surface area (Å²) in [5.74, 6) is 1.99. The summed E-state index contributed by atoms with van der Waals surface area (Å²) in [6.45, 7) is 8.24. The molecule has 10 nitrogen and oxygen atoms in total. The Morgan fingerprint density at radius 2 is 2.14 bits per heavy atom. The highest BCUT2D eigenvalue weighted by molar-refractivity contribution is 6.02. The minimum absolute atomic E-state index is 0.217. The Bertz CT molecular complexity index is 1150. The smallest absolute Gasteiger partial charge is 0.169 e. The zero-order valence-corrected chi connectivity index (χ0v) is 16.6. The van der Waals surface area contributed by atoms with E-state index in [1.165, 1.54) is 0 Å². The van der Waals surface area contributed by atoms with Gasteiger partial charge in [0.25, 0.3) is 0 Å². The lowest BCUT2D eigenvalue weighted by Gasteiger charge is -2.34. The quantitative estimate of drug-likeness (QED) is 0.485. The van der Waals surface area contributed by atoms with E-state index in [0.29, 0.717) is 30.5 Å². The number of nitrogens with two attached hydrogens (primary N) is 1. The van der Waals surface area contributed by atoms with E-state index >= 15 is 0 Å². The Morgan fingerprint density at radius 3 is 2.83 bits per heavy atom. The maximum absolute atomic E-state index is 6.38. The van der Waals surface area contributed by atoms with Gasteiger partial charge < -0.3 is 15.4 Å². The Balaban J connectivity index is 1.82. The third kappa shape index (κ3) is 2.75. The number of rotatable bonds is 3. The molecule has 4 aromatic heterocycles. The topological polar surface area (TPSA) is 127 Å². The number of nitrogens with zero attached hydrogens (tertiary/aromatic N) is 6. The molecule has 5 rings (SSSR count). The van der Waals surface area contributed by atoms with E-state index in [-0.39, 0.29) is 6.04 Å². The summed E-state index contributed by atoms with van der Waals surface area (Å²) in [5, 5.41) is 19.8. The molecule has 0 saturated carbocycles. The number of ether oxygens (including phenoxy) is 1. The molecule has 0 amide bonds. The van der Waals surface area contributed by atoms with Crippen LogP contribution < -0.4 is 10.6 Å². The standard InChI is InChI=1S/C19H23N9O/c1-10-9-29-7-6-27(10)15-8-13(16-11(2)23-24-12(16)3)17-18(20)26-28(19(17)22-15)14-4-5-21-25-14/h4-5,8,10H,6-7,9H2,1-3H3,(H2,20,26)(H,21,25)(H,23,24). The lowest BCUT2D eigenvalue weighted by Crippen LogP contribution is -2.44. The molecule has 0 spiro atoms. The second-order valence-corrected chi connectivity index (χ2v) is 7.39. The predicted molar refractivity (Wildman–Crippen MR) is 110 cm³/mol. The number of aromatic nitrogens is 7. The van der Waals surface area contributed by atoms with Gasteiger partial charge in [0.05, 0.1) is 36.5 Å². The van der Waals surface area contributed by atoms with E-state index < -0.39 is 0 Å². The predicted octanol–water partition coefficient (Wildman–Crippen LogP) is 1.96. The molecule has 5 heterocycles. The van der Waals surface area contributed by atoms with Gasteiger partial charge in [-0.25, -0.2) is 4.98 Å². The van der Waals surface area contributed by atoms with E-state index in [2.05, 4.69) is 43.4 Å². The molecule has 0 aromatic carbocycles. The summed E-state index contributed by atoms with van der Waals surface area (Å²) in [6, 6.07) is 4.14. The van der Waals surface area contributed by atoms with Crippen molar-refractivity contribution < 1.29 is 4.74 Å². The number of nitrogens with one attached hydrogen (secondary N) is 2. The summed E-state index contributed by atoms with van der Waals surface area (Å²) in [6.07, 6.45) is 1.68. The van der Waals surface area contributed by atoms with Gasteiger partial charge in [-0.15, -0.1) is 5.10 Å². The third-order valence-electron chi connectivity index (χ3n) is 5.42. The second-order valence-electron chi connectivity index (χ2n) is 7.39. The number of hydrogen-bond acceptors (Lipinski definition) is 7. The van der Waals surface area contributed by atoms with Crippen molar-refractivity contribution in [3.63, 3.8) is 0 Å². The van der Waals surface area contributed by atoms with Gasteiger partial charge in [-0.3, -0.25) is 10.2 Å². The van der Waals surface area contributed by atoms with Crippen LogP contribution in [0.4, 0.5) is 11.6 Å². The van der Waals surface area contributed by atoms with Crippen molar-refractivity contribution >= 4 is 22.7 Å². The van der Waals surface area contributed by atoms with E-state index in [0.717, 1.165) is 40.3 Å². The number of hydrogen-bond donors (Lipinski definition) is 3. The van der Waals surface area contributed by atoms with Crippen molar-refractivity contribution in [1.82, 2.24) is 35.2 Å². The maximum Gasteiger partial charge on any atom is 0.169 e. The van der Waals surface area contributed by atoms with Crippen LogP contribution in [-0.4, -0.2) is 61.0 Å². The molecule has 29 heavy (non-hydrogen) atoms. The lowest BCUT2D eigenvalue weighted by atomic mass is 10.0. The number of pyridine rings is 1. The molecule has 1 unspecified atom stereocenters. The molecule has 1 aliphatic rings. The van der Waals surface area contributed by atoms with E-state index in [4.69, 9.17) is 15.5 Å². The molecule has 0 radical (unpaired) electrons. The van der Waals surface area contributed by atoms with Crippen LogP contribution in [-0.2, 0) is 4.74 Å². The molecule has 1 saturated heterocycles. The molecule has 10 heteroatoms. The highest BCUT2D eigenvalue weighted by atomic mass is 16.5. The normalized spacial score (nSPS) is 17.3. The number of fused-ring (bicyclic) bond motifs is 1. The first kappa shape index (κ1) is 17.7. The summed E-state index contributed by atoms with van der Waals surface area (Å²) in [7, 11) is 0. The Labute approximate surface area is 167 Å². The maximum atomic E-state index is 6.38. The Morgan fingerprint density at radius 1 is 1.28 bits per heavy atom. The molecule has 4 N–H and O–H groups in total. The van der Waals surface area contributed by atoms with Crippen LogP contribution in [0, 0.1) is 13.8 Å². The van der Waals surface area contributed by atoms with Gasteiger partial charge in [0, 0.05) is 29.4 Å². The van der Waals surface area contributed by atoms with Crippen molar-refractivity contribution in [2.24, 2.45) is 0 Å². The monoisotopic (exact) mass is 393 g/mol. The van der Waals surface area contributed by atoms with Crippen LogP contribution in [0.1, 0.15) is 18.3 Å². The molecular weight excluding hydrogens is 370 g/mol. The fourth-order valence-corrected chi connectivity index (χ4v) is 4.02. The lowest BCUT2D eigenvalue weighted by molar-refractivity contribution is 0.0985. The first-order valence-corrected chi connectivity index (χ1v) is 9.60. The fraction of sp³-hybridized carbons (Fsp3) is 0.368. The summed E-state index contributed by atoms with van der Waals surface area (Å²) in [5.41, 5.74) is 10.9. The van der Waals surface area contributed by atoms with E-state index in [9.17, 15) is 0 Å². The highest BCUT2D eigenvalue weighted by Crippen LogP contribution is 2.38. The molecule has 1 atom stereocenters. The zero-order valence-electron chi connectivity index (χ0n) is 16.6. The van der Waals surface area contributed by atoms with Crippen LogP contribution in [0.15, 0.2) is 18.3 Å². The average Bonchev–Trinajstić information content (AvgIpc) is 3.42. The number of aryl methyl sites for hydroxylation is 2. The van der Waals surface area contributed by atoms with Crippen molar-refractivity contribution in [3.05, 3.63) is 29.7 Å². The Kier molecular flexibility index (Phi) is 4.02. The van der Waals surface area contributed by atoms with Crippen LogP contribution in [0.2, 0.25) is 0 Å². The van der Waals surface area contributed by atoms with Gasteiger partial charge in [0.2, 0.25) is 0 Å². The minimum atomic E-state index is 0.217. The molecule has 150 valence electrons. The highest BCUT2D eigenvalue weighted by Gasteiger charge is 2.26. The molecule has 0 aliphatic carbocycles. The van der Waals surface area contributed by atoms with Gasteiger partial charge in [-0.1, -0.05) is 0 Å². The first-order chi connectivity index (χ1) is 14.0. The average molecular weight is 393 g/mol. The number of H-pyrrole nitrogens is 2. The van der Waals surface area contributed by atoms with E-state index in [1.54, 1.807) is 10.9 Å². The Hall–Kier alpha value is -3.40. The number of nitrogen functional groups attached to an aromatic ring is 1. The molecule has 4 aromatic rings. The molecule has 1 fully saturated rings.